The molecule has 1 aliphatic carbocycles. The number of aliphatic hydroxyl groups excluding tert-OH is 1. The van der Waals surface area contributed by atoms with Crippen molar-refractivity contribution in [2.45, 2.75) is 43.5 Å². The first kappa shape index (κ1) is 10.8. The van der Waals surface area contributed by atoms with E-state index in [-0.39, 0.29) is 6.10 Å². The summed E-state index contributed by atoms with van der Waals surface area (Å²) in [6.45, 7) is 1.78. The predicted octanol–water partition coefficient (Wildman–Crippen LogP) is 2.06. The summed E-state index contributed by atoms with van der Waals surface area (Å²) in [5.74, 6) is 1.72. The molecule has 0 aromatic rings. The van der Waals surface area contributed by atoms with Gasteiger partial charge >= 0.3 is 0 Å². The third-order valence-corrected chi connectivity index (χ3v) is 4.53. The maximum Gasteiger partial charge on any atom is 0.0633 e. The molecule has 1 unspecified atom stereocenters. The molecule has 2 fully saturated rings. The molecule has 0 radical (unpaired) electrons. The zero-order valence-electron chi connectivity index (χ0n) is 8.65. The third-order valence-electron chi connectivity index (χ3n) is 3.21. The molecule has 0 spiro atoms. The van der Waals surface area contributed by atoms with Gasteiger partial charge in [-0.2, -0.15) is 11.8 Å². The van der Waals surface area contributed by atoms with Crippen LogP contribution >= 0.6 is 11.8 Å². The van der Waals surface area contributed by atoms with Crippen molar-refractivity contribution in [3.8, 4) is 0 Å². The molecule has 1 N–H and O–H groups in total. The zero-order chi connectivity index (χ0) is 9.80. The molecule has 1 saturated carbocycles. The summed E-state index contributed by atoms with van der Waals surface area (Å²) in [4.78, 5) is 0. The van der Waals surface area contributed by atoms with E-state index in [4.69, 9.17) is 4.74 Å². The molecule has 0 bridgehead atoms. The smallest absolute Gasteiger partial charge is 0.0633 e. The molecule has 2 aliphatic rings. The van der Waals surface area contributed by atoms with Gasteiger partial charge in [0.25, 0.3) is 0 Å². The van der Waals surface area contributed by atoms with Crippen molar-refractivity contribution in [2.24, 2.45) is 5.92 Å². The van der Waals surface area contributed by atoms with Crippen LogP contribution in [0.2, 0.25) is 0 Å². The van der Waals surface area contributed by atoms with Crippen LogP contribution in [0.15, 0.2) is 0 Å². The van der Waals surface area contributed by atoms with Crippen LogP contribution in [0.1, 0.15) is 32.1 Å². The summed E-state index contributed by atoms with van der Waals surface area (Å²) in [6.07, 6.45) is 6.38. The van der Waals surface area contributed by atoms with Crippen LogP contribution in [0, 0.1) is 5.92 Å². The van der Waals surface area contributed by atoms with E-state index in [2.05, 4.69) is 0 Å². The molecule has 82 valence electrons. The Morgan fingerprint density at radius 1 is 1.29 bits per heavy atom. The lowest BCUT2D eigenvalue weighted by molar-refractivity contribution is 0.0451. The molecule has 0 aromatic heterocycles. The average molecular weight is 216 g/mol. The topological polar surface area (TPSA) is 29.5 Å². The molecule has 1 aliphatic heterocycles. The first-order valence-electron chi connectivity index (χ1n) is 5.72. The minimum absolute atomic E-state index is 0.0799. The summed E-state index contributed by atoms with van der Waals surface area (Å²) in [6, 6.07) is 0. The Balaban J connectivity index is 1.55. The van der Waals surface area contributed by atoms with Gasteiger partial charge in [-0.25, -0.2) is 0 Å². The van der Waals surface area contributed by atoms with Gasteiger partial charge in [0.15, 0.2) is 0 Å². The molecule has 1 saturated heterocycles. The molecule has 14 heavy (non-hydrogen) atoms. The van der Waals surface area contributed by atoms with E-state index in [9.17, 15) is 5.11 Å². The van der Waals surface area contributed by atoms with Crippen LogP contribution < -0.4 is 0 Å². The van der Waals surface area contributed by atoms with Crippen molar-refractivity contribution in [3.05, 3.63) is 0 Å². The summed E-state index contributed by atoms with van der Waals surface area (Å²) in [5, 5.41) is 10.5. The number of hydrogen-bond donors (Lipinski definition) is 1. The quantitative estimate of drug-likeness (QED) is 0.763. The molecule has 3 heteroatoms. The lowest BCUT2D eigenvalue weighted by atomic mass is 10.0. The fourth-order valence-corrected chi connectivity index (χ4v) is 3.27. The zero-order valence-corrected chi connectivity index (χ0v) is 9.47. The molecule has 1 heterocycles. The number of rotatable bonds is 5. The van der Waals surface area contributed by atoms with E-state index in [0.717, 1.165) is 31.3 Å². The van der Waals surface area contributed by atoms with E-state index in [0.29, 0.717) is 5.25 Å². The second-order valence-electron chi connectivity index (χ2n) is 4.53. The van der Waals surface area contributed by atoms with Crippen molar-refractivity contribution in [3.63, 3.8) is 0 Å². The summed E-state index contributed by atoms with van der Waals surface area (Å²) in [7, 11) is 0. The van der Waals surface area contributed by atoms with Gasteiger partial charge in [0.05, 0.1) is 24.6 Å². The Hall–Kier alpha value is 0.270. The predicted molar refractivity (Wildman–Crippen MR) is 59.6 cm³/mol. The maximum atomic E-state index is 9.82. The van der Waals surface area contributed by atoms with Gasteiger partial charge in [-0.05, 0) is 12.3 Å². The van der Waals surface area contributed by atoms with Gasteiger partial charge < -0.3 is 9.84 Å². The first-order chi connectivity index (χ1) is 6.84. The highest BCUT2D eigenvalue weighted by molar-refractivity contribution is 8.00. The Bertz CT molecular complexity index is 165. The maximum absolute atomic E-state index is 9.82. The van der Waals surface area contributed by atoms with E-state index >= 15 is 0 Å². The van der Waals surface area contributed by atoms with Gasteiger partial charge in [0.2, 0.25) is 0 Å². The normalized spacial score (nSPS) is 26.4. The average Bonchev–Trinajstić information content (AvgIpc) is 2.54. The fraction of sp³-hybridized carbons (Fsp3) is 1.00. The van der Waals surface area contributed by atoms with Crippen LogP contribution in [0.5, 0.6) is 0 Å². The lowest BCUT2D eigenvalue weighted by Crippen LogP contribution is -2.32. The van der Waals surface area contributed by atoms with Gasteiger partial charge in [-0.1, -0.05) is 25.7 Å². The number of hydrogen-bond acceptors (Lipinski definition) is 3. The SMILES string of the molecule is OC(CSC1COC1)CC1CCCC1. The Labute approximate surface area is 90.4 Å². The van der Waals surface area contributed by atoms with E-state index in [1.807, 2.05) is 11.8 Å². The standard InChI is InChI=1S/C11H20O2S/c12-10(5-9-3-1-2-4-9)8-14-11-6-13-7-11/h9-12H,1-8H2. The van der Waals surface area contributed by atoms with Gasteiger partial charge in [0, 0.05) is 5.75 Å². The highest BCUT2D eigenvalue weighted by Gasteiger charge is 2.22. The van der Waals surface area contributed by atoms with Gasteiger partial charge in [-0.15, -0.1) is 0 Å². The lowest BCUT2D eigenvalue weighted by Gasteiger charge is -2.26. The van der Waals surface area contributed by atoms with E-state index < -0.39 is 0 Å². The van der Waals surface area contributed by atoms with Crippen LogP contribution in [0.4, 0.5) is 0 Å². The third kappa shape index (κ3) is 3.14. The molecular formula is C11H20O2S. The summed E-state index contributed by atoms with van der Waals surface area (Å²) in [5.41, 5.74) is 0. The Morgan fingerprint density at radius 2 is 2.00 bits per heavy atom. The minimum atomic E-state index is -0.0799. The van der Waals surface area contributed by atoms with E-state index in [1.54, 1.807) is 0 Å². The van der Waals surface area contributed by atoms with E-state index in [1.165, 1.54) is 25.7 Å². The van der Waals surface area contributed by atoms with Gasteiger partial charge in [-0.3, -0.25) is 0 Å². The Kier molecular flexibility index (Phi) is 4.14. The van der Waals surface area contributed by atoms with Crippen LogP contribution in [-0.2, 0) is 4.74 Å². The number of thioether (sulfide) groups is 1. The molecular weight excluding hydrogens is 196 g/mol. The number of aliphatic hydroxyl groups is 1. The fourth-order valence-electron chi connectivity index (χ4n) is 2.26. The summed E-state index contributed by atoms with van der Waals surface area (Å²) >= 11 is 1.88. The second-order valence-corrected chi connectivity index (χ2v) is 5.87. The van der Waals surface area contributed by atoms with Crippen molar-refractivity contribution >= 4 is 11.8 Å². The second kappa shape index (κ2) is 5.38. The number of ether oxygens (including phenoxy) is 1. The van der Waals surface area contributed by atoms with Gasteiger partial charge in [0.1, 0.15) is 0 Å². The molecule has 0 aromatic carbocycles. The van der Waals surface area contributed by atoms with Crippen molar-refractivity contribution in [1.82, 2.24) is 0 Å². The monoisotopic (exact) mass is 216 g/mol. The molecule has 2 nitrogen and oxygen atoms in total. The molecule has 0 amide bonds. The van der Waals surface area contributed by atoms with Crippen LogP contribution in [-0.4, -0.2) is 35.4 Å². The molecule has 1 atom stereocenters. The molecule has 2 rings (SSSR count). The van der Waals surface area contributed by atoms with Crippen molar-refractivity contribution < 1.29 is 9.84 Å². The van der Waals surface area contributed by atoms with Crippen molar-refractivity contribution in [2.75, 3.05) is 19.0 Å². The highest BCUT2D eigenvalue weighted by Crippen LogP contribution is 2.30. The minimum Gasteiger partial charge on any atom is -0.392 e. The van der Waals surface area contributed by atoms with Crippen molar-refractivity contribution in [1.29, 1.82) is 0 Å². The summed E-state index contributed by atoms with van der Waals surface area (Å²) < 4.78 is 5.10. The Morgan fingerprint density at radius 3 is 2.57 bits per heavy atom. The van der Waals surface area contributed by atoms with Crippen LogP contribution in [0.25, 0.3) is 0 Å². The van der Waals surface area contributed by atoms with Crippen LogP contribution in [0.3, 0.4) is 0 Å². The first-order valence-corrected chi connectivity index (χ1v) is 6.77. The highest BCUT2D eigenvalue weighted by atomic mass is 32.2. The largest absolute Gasteiger partial charge is 0.392 e.